The highest BCUT2D eigenvalue weighted by molar-refractivity contribution is 7.83. The number of aryl methyl sites for hydroxylation is 1. The molecular formula is C23H34N2O5S. The van der Waals surface area contributed by atoms with Gasteiger partial charge in [-0.15, -0.1) is 0 Å². The van der Waals surface area contributed by atoms with Gasteiger partial charge in [0.2, 0.25) is 0 Å². The van der Waals surface area contributed by atoms with E-state index in [4.69, 9.17) is 9.47 Å². The molecule has 0 unspecified atom stereocenters. The maximum Gasteiger partial charge on any atom is 0.417 e. The van der Waals surface area contributed by atoms with Crippen LogP contribution >= 0.6 is 0 Å². The summed E-state index contributed by atoms with van der Waals surface area (Å²) in [5.74, 6) is -0.470. The lowest BCUT2D eigenvalue weighted by atomic mass is 9.86. The van der Waals surface area contributed by atoms with E-state index in [2.05, 4.69) is 4.72 Å². The van der Waals surface area contributed by atoms with Gasteiger partial charge in [-0.2, -0.15) is 0 Å². The molecule has 0 saturated carbocycles. The molecule has 0 saturated heterocycles. The van der Waals surface area contributed by atoms with E-state index in [9.17, 15) is 13.8 Å². The van der Waals surface area contributed by atoms with E-state index in [0.29, 0.717) is 11.3 Å². The fourth-order valence-electron chi connectivity index (χ4n) is 3.56. The van der Waals surface area contributed by atoms with Crippen molar-refractivity contribution in [2.24, 2.45) is 0 Å². The van der Waals surface area contributed by atoms with Crippen molar-refractivity contribution in [2.75, 3.05) is 7.11 Å². The summed E-state index contributed by atoms with van der Waals surface area (Å²) in [6.07, 6.45) is 3.68. The Balaban J connectivity index is 2.42. The van der Waals surface area contributed by atoms with Gasteiger partial charge in [-0.1, -0.05) is 37.1 Å². The number of hydrogen-bond acceptors (Lipinski definition) is 5. The van der Waals surface area contributed by atoms with E-state index in [1.54, 1.807) is 46.1 Å². The SMILES string of the molecule is CCC[C@](C)(OC)[C@H](N[S@](=O)c1ccc(C)cc1)[C@H]1C=CC(=O)N1C(=O)OC(C)(C)C. The summed E-state index contributed by atoms with van der Waals surface area (Å²) in [7, 11) is -0.00105. The van der Waals surface area contributed by atoms with E-state index in [1.165, 1.54) is 6.08 Å². The van der Waals surface area contributed by atoms with E-state index in [1.807, 2.05) is 32.9 Å². The second-order valence-electron chi connectivity index (χ2n) is 8.98. The van der Waals surface area contributed by atoms with E-state index < -0.39 is 46.3 Å². The van der Waals surface area contributed by atoms with Crippen molar-refractivity contribution in [2.45, 2.75) is 82.6 Å². The van der Waals surface area contributed by atoms with Crippen LogP contribution in [0.2, 0.25) is 0 Å². The highest BCUT2D eigenvalue weighted by Crippen LogP contribution is 2.30. The third kappa shape index (κ3) is 6.24. The van der Waals surface area contributed by atoms with E-state index in [-0.39, 0.29) is 0 Å². The zero-order valence-electron chi connectivity index (χ0n) is 19.4. The number of imide groups is 1. The second-order valence-corrected chi connectivity index (χ2v) is 10.2. The first-order chi connectivity index (χ1) is 14.4. The van der Waals surface area contributed by atoms with Gasteiger partial charge < -0.3 is 9.47 Å². The average Bonchev–Trinajstić information content (AvgIpc) is 3.06. The Morgan fingerprint density at radius 2 is 1.84 bits per heavy atom. The zero-order chi connectivity index (χ0) is 23.4. The van der Waals surface area contributed by atoms with Crippen LogP contribution in [0.5, 0.6) is 0 Å². The van der Waals surface area contributed by atoms with Crippen LogP contribution in [0.15, 0.2) is 41.3 Å². The van der Waals surface area contributed by atoms with Crippen LogP contribution in [0.25, 0.3) is 0 Å². The van der Waals surface area contributed by atoms with Crippen molar-refractivity contribution >= 4 is 23.0 Å². The molecule has 4 atom stereocenters. The average molecular weight is 451 g/mol. The molecule has 8 heteroatoms. The summed E-state index contributed by atoms with van der Waals surface area (Å²) in [5, 5.41) is 0. The fourth-order valence-corrected chi connectivity index (χ4v) is 4.70. The summed E-state index contributed by atoms with van der Waals surface area (Å²) in [6.45, 7) is 11.1. The van der Waals surface area contributed by atoms with Crippen LogP contribution in [0, 0.1) is 6.92 Å². The number of carbonyl (C=O) groups is 2. The molecule has 0 aliphatic carbocycles. The first kappa shape index (κ1) is 25.2. The molecule has 2 amide bonds. The minimum absolute atomic E-state index is 0.470. The Bertz CT molecular complexity index is 847. The monoisotopic (exact) mass is 450 g/mol. The maximum absolute atomic E-state index is 13.2. The van der Waals surface area contributed by atoms with Gasteiger partial charge >= 0.3 is 6.09 Å². The molecule has 31 heavy (non-hydrogen) atoms. The minimum Gasteiger partial charge on any atom is -0.443 e. The molecule has 1 aromatic carbocycles. The Morgan fingerprint density at radius 1 is 1.23 bits per heavy atom. The molecule has 0 fully saturated rings. The first-order valence-electron chi connectivity index (χ1n) is 10.5. The van der Waals surface area contributed by atoms with Gasteiger partial charge in [-0.25, -0.2) is 18.6 Å². The number of ether oxygens (including phenoxy) is 2. The Kier molecular flexibility index (Phi) is 8.19. The Hall–Kier alpha value is -2.03. The molecule has 172 valence electrons. The van der Waals surface area contributed by atoms with Crippen LogP contribution in [0.4, 0.5) is 4.79 Å². The molecule has 0 aromatic heterocycles. The predicted molar refractivity (Wildman–Crippen MR) is 121 cm³/mol. The van der Waals surface area contributed by atoms with Crippen molar-refractivity contribution in [3.05, 3.63) is 42.0 Å². The fraction of sp³-hybridized carbons (Fsp3) is 0.565. The lowest BCUT2D eigenvalue weighted by molar-refractivity contribution is -0.127. The van der Waals surface area contributed by atoms with Crippen molar-refractivity contribution in [1.29, 1.82) is 0 Å². The molecular weight excluding hydrogens is 416 g/mol. The molecule has 1 aliphatic heterocycles. The van der Waals surface area contributed by atoms with Crippen LogP contribution in [0.1, 0.15) is 53.0 Å². The molecule has 2 rings (SSSR count). The van der Waals surface area contributed by atoms with Crippen LogP contribution in [-0.4, -0.2) is 51.5 Å². The van der Waals surface area contributed by atoms with Gasteiger partial charge in [-0.05, 0) is 53.2 Å². The second kappa shape index (κ2) is 10.1. The van der Waals surface area contributed by atoms with Crippen LogP contribution in [-0.2, 0) is 25.3 Å². The number of benzene rings is 1. The van der Waals surface area contributed by atoms with Gasteiger partial charge in [0.15, 0.2) is 0 Å². The molecule has 1 aliphatic rings. The number of carbonyl (C=O) groups excluding carboxylic acids is 2. The van der Waals surface area contributed by atoms with Gasteiger partial charge in [0.1, 0.15) is 16.6 Å². The van der Waals surface area contributed by atoms with Crippen LogP contribution in [0.3, 0.4) is 0 Å². The third-order valence-corrected chi connectivity index (χ3v) is 6.41. The molecule has 0 radical (unpaired) electrons. The zero-order valence-corrected chi connectivity index (χ0v) is 20.2. The molecule has 0 bridgehead atoms. The number of hydrogen-bond donors (Lipinski definition) is 1. The topological polar surface area (TPSA) is 84.9 Å². The highest BCUT2D eigenvalue weighted by atomic mass is 32.2. The third-order valence-electron chi connectivity index (χ3n) is 5.24. The summed E-state index contributed by atoms with van der Waals surface area (Å²) < 4.78 is 27.6. The number of nitrogens with zero attached hydrogens (tertiary/aromatic N) is 1. The molecule has 1 heterocycles. The normalized spacial score (nSPS) is 20.4. The van der Waals surface area contributed by atoms with Gasteiger partial charge in [0.25, 0.3) is 5.91 Å². The van der Waals surface area contributed by atoms with Gasteiger partial charge in [0.05, 0.1) is 22.6 Å². The Morgan fingerprint density at radius 3 is 2.35 bits per heavy atom. The number of methoxy groups -OCH3 is 1. The predicted octanol–water partition coefficient (Wildman–Crippen LogP) is 3.88. The summed E-state index contributed by atoms with van der Waals surface area (Å²) in [6, 6.07) is 6.01. The quantitative estimate of drug-likeness (QED) is 0.650. The lowest BCUT2D eigenvalue weighted by Crippen LogP contribution is -2.61. The molecule has 1 N–H and O–H groups in total. The minimum atomic E-state index is -1.58. The molecule has 7 nitrogen and oxygen atoms in total. The number of rotatable bonds is 8. The first-order valence-corrected chi connectivity index (χ1v) is 11.6. The highest BCUT2D eigenvalue weighted by Gasteiger charge is 2.47. The van der Waals surface area contributed by atoms with Crippen molar-refractivity contribution < 1.29 is 23.3 Å². The van der Waals surface area contributed by atoms with Crippen molar-refractivity contribution in [3.63, 3.8) is 0 Å². The van der Waals surface area contributed by atoms with Crippen molar-refractivity contribution in [1.82, 2.24) is 9.62 Å². The van der Waals surface area contributed by atoms with Gasteiger partial charge in [0, 0.05) is 13.2 Å². The molecule has 0 spiro atoms. The lowest BCUT2D eigenvalue weighted by Gasteiger charge is -2.42. The van der Waals surface area contributed by atoms with E-state index in [0.717, 1.165) is 16.9 Å². The summed E-state index contributed by atoms with van der Waals surface area (Å²) >= 11 is 0. The number of nitrogens with one attached hydrogen (secondary N) is 1. The smallest absolute Gasteiger partial charge is 0.417 e. The van der Waals surface area contributed by atoms with Crippen LogP contribution < -0.4 is 4.72 Å². The maximum atomic E-state index is 13.2. The number of amides is 2. The summed E-state index contributed by atoms with van der Waals surface area (Å²) in [4.78, 5) is 27.1. The van der Waals surface area contributed by atoms with Gasteiger partial charge in [-0.3, -0.25) is 4.79 Å². The van der Waals surface area contributed by atoms with E-state index >= 15 is 0 Å². The Labute approximate surface area is 187 Å². The standard InChI is InChI=1S/C23H34N2O5S/c1-8-15-23(6,29-7)20(24-31(28)17-11-9-16(2)10-12-17)18-13-14-19(26)25(18)21(27)30-22(3,4)5/h9-14,18,20,24H,8,15H2,1-7H3/t18-,20-,23+,31-/m1/s1. The molecule has 1 aromatic rings. The van der Waals surface area contributed by atoms with Crippen molar-refractivity contribution in [3.8, 4) is 0 Å². The largest absolute Gasteiger partial charge is 0.443 e. The summed E-state index contributed by atoms with van der Waals surface area (Å²) in [5.41, 5.74) is -0.494.